The Hall–Kier alpha value is -3.34. The molecule has 4 rings (SSSR count). The van der Waals surface area contributed by atoms with Gasteiger partial charge >= 0.3 is 0 Å². The van der Waals surface area contributed by atoms with Crippen molar-refractivity contribution >= 4 is 15.7 Å². The maximum Gasteiger partial charge on any atom is 0.231 e. The summed E-state index contributed by atoms with van der Waals surface area (Å²) < 4.78 is 49.5. The summed E-state index contributed by atoms with van der Waals surface area (Å²) in [6, 6.07) is 15.8. The number of aliphatic hydroxyl groups is 1. The van der Waals surface area contributed by atoms with Gasteiger partial charge in [0.25, 0.3) is 0 Å². The molecule has 180 valence electrons. The van der Waals surface area contributed by atoms with Crippen LogP contribution in [0.25, 0.3) is 0 Å². The third-order valence-electron chi connectivity index (χ3n) is 5.41. The van der Waals surface area contributed by atoms with Crippen LogP contribution in [-0.2, 0) is 16.4 Å². The number of hydrogen-bond donors (Lipinski definition) is 4. The number of hydrogen-bond acceptors (Lipinski definition) is 7. The van der Waals surface area contributed by atoms with Crippen molar-refractivity contribution < 1.29 is 32.5 Å². The van der Waals surface area contributed by atoms with Crippen LogP contribution in [0.5, 0.6) is 17.2 Å². The fraction of sp³-hybridized carbons (Fsp3) is 0.250. The van der Waals surface area contributed by atoms with Gasteiger partial charge in [0, 0.05) is 12.6 Å². The van der Waals surface area contributed by atoms with Gasteiger partial charge in [-0.05, 0) is 59.5 Å². The van der Waals surface area contributed by atoms with Crippen LogP contribution >= 0.6 is 0 Å². The van der Waals surface area contributed by atoms with Crippen LogP contribution < -0.4 is 19.5 Å². The summed E-state index contributed by atoms with van der Waals surface area (Å²) in [4.78, 5) is 0. The number of benzene rings is 3. The molecule has 3 aromatic carbocycles. The lowest BCUT2D eigenvalue weighted by Gasteiger charge is -2.22. The molecule has 0 saturated heterocycles. The van der Waals surface area contributed by atoms with Crippen molar-refractivity contribution in [1.82, 2.24) is 5.32 Å². The summed E-state index contributed by atoms with van der Waals surface area (Å²) in [6.45, 7) is 0.279. The van der Waals surface area contributed by atoms with E-state index in [4.69, 9.17) is 9.47 Å². The van der Waals surface area contributed by atoms with E-state index in [1.165, 1.54) is 30.3 Å². The van der Waals surface area contributed by atoms with E-state index in [0.29, 0.717) is 23.5 Å². The highest BCUT2D eigenvalue weighted by Gasteiger charge is 2.20. The van der Waals surface area contributed by atoms with Crippen LogP contribution in [0.15, 0.2) is 60.7 Å². The van der Waals surface area contributed by atoms with Crippen LogP contribution in [-0.4, -0.2) is 38.2 Å². The van der Waals surface area contributed by atoms with Gasteiger partial charge in [-0.1, -0.05) is 24.3 Å². The van der Waals surface area contributed by atoms with Crippen molar-refractivity contribution in [3.05, 3.63) is 83.2 Å². The maximum absolute atomic E-state index is 13.4. The van der Waals surface area contributed by atoms with Gasteiger partial charge in [-0.25, -0.2) is 12.8 Å². The van der Waals surface area contributed by atoms with Crippen molar-refractivity contribution in [1.29, 1.82) is 0 Å². The average molecular weight is 489 g/mol. The van der Waals surface area contributed by atoms with E-state index in [2.05, 4.69) is 10.0 Å². The Morgan fingerprint density at radius 3 is 2.44 bits per heavy atom. The predicted molar refractivity (Wildman–Crippen MR) is 125 cm³/mol. The fourth-order valence-corrected chi connectivity index (χ4v) is 4.27. The summed E-state index contributed by atoms with van der Waals surface area (Å²) in [6.07, 6.45) is 0.497. The Bertz CT molecular complexity index is 1270. The van der Waals surface area contributed by atoms with Crippen molar-refractivity contribution in [3.8, 4) is 17.2 Å². The SMILES string of the molecule is CS(=O)(=O)Nc1cc([C@@H](O)CNC(Cc2ccc(F)cc2)c2ccc3c(c2)OCO3)ccc1O. The van der Waals surface area contributed by atoms with Gasteiger partial charge < -0.3 is 25.0 Å². The molecule has 1 aliphatic rings. The summed E-state index contributed by atoms with van der Waals surface area (Å²) in [5.74, 6) is 0.708. The molecular formula is C24H25FN2O6S. The molecule has 1 unspecified atom stereocenters. The Balaban J connectivity index is 1.53. The Morgan fingerprint density at radius 2 is 1.71 bits per heavy atom. The number of anilines is 1. The van der Waals surface area contributed by atoms with Gasteiger partial charge in [-0.15, -0.1) is 0 Å². The second kappa shape index (κ2) is 9.88. The minimum Gasteiger partial charge on any atom is -0.506 e. The quantitative estimate of drug-likeness (QED) is 0.342. The fourth-order valence-electron chi connectivity index (χ4n) is 3.71. The second-order valence-corrected chi connectivity index (χ2v) is 9.82. The second-order valence-electron chi connectivity index (χ2n) is 8.07. The largest absolute Gasteiger partial charge is 0.506 e. The molecule has 0 fully saturated rings. The van der Waals surface area contributed by atoms with Crippen molar-refractivity contribution in [2.75, 3.05) is 24.3 Å². The monoisotopic (exact) mass is 488 g/mol. The number of phenolic OH excluding ortho intramolecular Hbond substituents is 1. The molecule has 0 spiro atoms. The average Bonchev–Trinajstić information content (AvgIpc) is 3.26. The number of ether oxygens (including phenoxy) is 2. The maximum atomic E-state index is 13.4. The first-order valence-electron chi connectivity index (χ1n) is 10.5. The van der Waals surface area contributed by atoms with E-state index >= 15 is 0 Å². The predicted octanol–water partition coefficient (Wildman–Crippen LogP) is 3.24. The third-order valence-corrected chi connectivity index (χ3v) is 6.00. The van der Waals surface area contributed by atoms with Gasteiger partial charge in [0.2, 0.25) is 16.8 Å². The van der Waals surface area contributed by atoms with E-state index in [1.54, 1.807) is 12.1 Å². The smallest absolute Gasteiger partial charge is 0.231 e. The topological polar surface area (TPSA) is 117 Å². The lowest BCUT2D eigenvalue weighted by atomic mass is 9.97. The number of phenols is 1. The van der Waals surface area contributed by atoms with Gasteiger partial charge in [0.1, 0.15) is 11.6 Å². The van der Waals surface area contributed by atoms with E-state index in [1.807, 2.05) is 18.2 Å². The molecule has 0 radical (unpaired) electrons. The molecule has 34 heavy (non-hydrogen) atoms. The first kappa shape index (κ1) is 23.8. The number of fused-ring (bicyclic) bond motifs is 1. The van der Waals surface area contributed by atoms with Crippen molar-refractivity contribution in [2.45, 2.75) is 18.6 Å². The first-order valence-corrected chi connectivity index (χ1v) is 12.4. The number of sulfonamides is 1. The molecule has 1 heterocycles. The molecule has 0 bridgehead atoms. The van der Waals surface area contributed by atoms with Gasteiger partial charge in [-0.2, -0.15) is 0 Å². The molecule has 2 atom stereocenters. The van der Waals surface area contributed by atoms with Crippen LogP contribution in [0, 0.1) is 5.82 Å². The number of aromatic hydroxyl groups is 1. The van der Waals surface area contributed by atoms with E-state index in [9.17, 15) is 23.0 Å². The molecule has 3 aromatic rings. The van der Waals surface area contributed by atoms with Crippen molar-refractivity contribution in [3.63, 3.8) is 0 Å². The Kier molecular flexibility index (Phi) is 6.92. The minimum atomic E-state index is -3.60. The molecule has 1 aliphatic heterocycles. The van der Waals surface area contributed by atoms with Crippen LogP contribution in [0.2, 0.25) is 0 Å². The molecule has 0 saturated carbocycles. The van der Waals surface area contributed by atoms with E-state index in [0.717, 1.165) is 17.4 Å². The van der Waals surface area contributed by atoms with Crippen LogP contribution in [0.3, 0.4) is 0 Å². The molecule has 0 aliphatic carbocycles. The summed E-state index contributed by atoms with van der Waals surface area (Å²) in [5.41, 5.74) is 2.20. The number of halogens is 1. The van der Waals surface area contributed by atoms with E-state index in [-0.39, 0.29) is 36.6 Å². The molecule has 10 heteroatoms. The lowest BCUT2D eigenvalue weighted by Crippen LogP contribution is -2.28. The molecule has 0 amide bonds. The lowest BCUT2D eigenvalue weighted by molar-refractivity contribution is 0.169. The highest BCUT2D eigenvalue weighted by atomic mass is 32.2. The molecule has 8 nitrogen and oxygen atoms in total. The zero-order chi connectivity index (χ0) is 24.3. The number of nitrogens with one attached hydrogen (secondary N) is 2. The summed E-state index contributed by atoms with van der Waals surface area (Å²) in [7, 11) is -3.60. The Labute approximate surface area is 197 Å². The number of aliphatic hydroxyl groups excluding tert-OH is 1. The van der Waals surface area contributed by atoms with Gasteiger partial charge in [0.15, 0.2) is 11.5 Å². The highest BCUT2D eigenvalue weighted by Crippen LogP contribution is 2.35. The summed E-state index contributed by atoms with van der Waals surface area (Å²) in [5, 5.41) is 24.0. The molecule has 0 aromatic heterocycles. The van der Waals surface area contributed by atoms with Crippen LogP contribution in [0.4, 0.5) is 10.1 Å². The van der Waals surface area contributed by atoms with E-state index < -0.39 is 16.1 Å². The molecular weight excluding hydrogens is 463 g/mol. The highest BCUT2D eigenvalue weighted by molar-refractivity contribution is 7.92. The summed E-state index contributed by atoms with van der Waals surface area (Å²) >= 11 is 0. The third kappa shape index (κ3) is 5.96. The minimum absolute atomic E-state index is 0.0160. The molecule has 4 N–H and O–H groups in total. The van der Waals surface area contributed by atoms with Gasteiger partial charge in [-0.3, -0.25) is 4.72 Å². The normalized spacial score (nSPS) is 14.6. The van der Waals surface area contributed by atoms with Crippen LogP contribution in [0.1, 0.15) is 28.8 Å². The number of rotatable bonds is 9. The zero-order valence-corrected chi connectivity index (χ0v) is 19.2. The van der Waals surface area contributed by atoms with Gasteiger partial charge in [0.05, 0.1) is 18.0 Å². The Morgan fingerprint density at radius 1 is 1.00 bits per heavy atom. The van der Waals surface area contributed by atoms with Crippen molar-refractivity contribution in [2.24, 2.45) is 0 Å². The first-order chi connectivity index (χ1) is 16.2. The zero-order valence-electron chi connectivity index (χ0n) is 18.4. The standard InChI is InChI=1S/C24H25FN2O6S/c1-34(30,31)27-20-11-17(4-8-21(20)28)22(29)13-26-19(10-15-2-6-18(25)7-3-15)16-5-9-23-24(12-16)33-14-32-23/h2-9,11-12,19,22,26-29H,10,13-14H2,1H3/t19?,22-/m0/s1.